The summed E-state index contributed by atoms with van der Waals surface area (Å²) in [5.41, 5.74) is 1.50. The van der Waals surface area contributed by atoms with Gasteiger partial charge in [0.15, 0.2) is 0 Å². The summed E-state index contributed by atoms with van der Waals surface area (Å²) in [6, 6.07) is 9.39. The van der Waals surface area contributed by atoms with Gasteiger partial charge in [-0.2, -0.15) is 0 Å². The predicted octanol–water partition coefficient (Wildman–Crippen LogP) is 4.57. The molecule has 0 spiro atoms. The van der Waals surface area contributed by atoms with Gasteiger partial charge >= 0.3 is 0 Å². The molecular weight excluding hydrogens is 360 g/mol. The minimum atomic E-state index is -0.624. The van der Waals surface area contributed by atoms with E-state index in [1.165, 1.54) is 12.1 Å². The maximum absolute atomic E-state index is 12.1. The van der Waals surface area contributed by atoms with Crippen LogP contribution >= 0.6 is 27.5 Å². The van der Waals surface area contributed by atoms with Crippen LogP contribution < -0.4 is 5.32 Å². The lowest BCUT2D eigenvalue weighted by molar-refractivity contribution is -0.384. The number of hydrogen-bond donors (Lipinski definition) is 1. The third kappa shape index (κ3) is 3.59. The van der Waals surface area contributed by atoms with Crippen LogP contribution in [0.25, 0.3) is 0 Å². The molecule has 7 heteroatoms. The third-order valence-electron chi connectivity index (χ3n) is 2.78. The van der Waals surface area contributed by atoms with E-state index in [0.717, 1.165) is 16.1 Å². The highest BCUT2D eigenvalue weighted by Gasteiger charge is 2.16. The molecule has 2 aromatic rings. The fourth-order valence-corrected chi connectivity index (χ4v) is 2.49. The number of nitro benzene ring substituents is 1. The van der Waals surface area contributed by atoms with E-state index in [1.807, 2.05) is 19.1 Å². The molecule has 0 aliphatic rings. The number of rotatable bonds is 3. The zero-order valence-corrected chi connectivity index (χ0v) is 13.2. The Bertz CT molecular complexity index is 734. The number of amides is 1. The van der Waals surface area contributed by atoms with Crippen LogP contribution in [0.2, 0.25) is 5.02 Å². The molecule has 5 nitrogen and oxygen atoms in total. The number of aryl methyl sites for hydroxylation is 1. The molecule has 0 fully saturated rings. The van der Waals surface area contributed by atoms with E-state index < -0.39 is 10.8 Å². The van der Waals surface area contributed by atoms with Crippen LogP contribution in [0.3, 0.4) is 0 Å². The van der Waals surface area contributed by atoms with Crippen molar-refractivity contribution < 1.29 is 9.72 Å². The smallest absolute Gasteiger partial charge is 0.288 e. The Morgan fingerprint density at radius 2 is 2.00 bits per heavy atom. The Labute approximate surface area is 134 Å². The highest BCUT2D eigenvalue weighted by Crippen LogP contribution is 2.27. The second-order valence-corrected chi connectivity index (χ2v) is 5.62. The van der Waals surface area contributed by atoms with E-state index in [9.17, 15) is 14.9 Å². The summed E-state index contributed by atoms with van der Waals surface area (Å²) in [7, 11) is 0. The summed E-state index contributed by atoms with van der Waals surface area (Å²) >= 11 is 9.07. The molecular formula is C14H10BrClN2O3. The maximum Gasteiger partial charge on any atom is 0.288 e. The van der Waals surface area contributed by atoms with Crippen molar-refractivity contribution in [3.63, 3.8) is 0 Å². The van der Waals surface area contributed by atoms with Gasteiger partial charge in [-0.05, 0) is 52.7 Å². The van der Waals surface area contributed by atoms with Crippen molar-refractivity contribution in [1.82, 2.24) is 0 Å². The van der Waals surface area contributed by atoms with Crippen molar-refractivity contribution in [2.75, 3.05) is 5.32 Å². The maximum atomic E-state index is 12.1. The Morgan fingerprint density at radius 1 is 1.29 bits per heavy atom. The largest absolute Gasteiger partial charge is 0.321 e. The topological polar surface area (TPSA) is 72.2 Å². The monoisotopic (exact) mass is 368 g/mol. The lowest BCUT2D eigenvalue weighted by Crippen LogP contribution is -2.12. The van der Waals surface area contributed by atoms with Gasteiger partial charge in [0.1, 0.15) is 5.02 Å². The summed E-state index contributed by atoms with van der Waals surface area (Å²) in [5.74, 6) is -0.445. The molecule has 0 heterocycles. The molecule has 0 radical (unpaired) electrons. The van der Waals surface area contributed by atoms with Crippen LogP contribution in [-0.2, 0) is 0 Å². The molecule has 108 valence electrons. The van der Waals surface area contributed by atoms with Crippen molar-refractivity contribution in [3.8, 4) is 0 Å². The molecule has 1 amide bonds. The van der Waals surface area contributed by atoms with Gasteiger partial charge in [-0.25, -0.2) is 0 Å². The number of halogens is 2. The standard InChI is InChI=1S/C14H10BrClN2O3/c1-8-2-5-12(10(15)6-8)17-14(19)9-3-4-11(16)13(7-9)18(20)21/h2-7H,1H3,(H,17,19). The first-order valence-corrected chi connectivity index (χ1v) is 7.07. The van der Waals surface area contributed by atoms with Gasteiger partial charge in [0, 0.05) is 16.1 Å². The number of nitrogens with one attached hydrogen (secondary N) is 1. The van der Waals surface area contributed by atoms with Crippen molar-refractivity contribution >= 4 is 44.8 Å². The van der Waals surface area contributed by atoms with Gasteiger partial charge in [0.25, 0.3) is 11.6 Å². The minimum absolute atomic E-state index is 0.00642. The minimum Gasteiger partial charge on any atom is -0.321 e. The Balaban J connectivity index is 2.28. The number of nitro groups is 1. The van der Waals surface area contributed by atoms with Crippen LogP contribution in [0.15, 0.2) is 40.9 Å². The van der Waals surface area contributed by atoms with Crippen LogP contribution in [0, 0.1) is 17.0 Å². The average molecular weight is 370 g/mol. The average Bonchev–Trinajstić information content (AvgIpc) is 2.42. The number of nitrogens with zero attached hydrogens (tertiary/aromatic N) is 1. The summed E-state index contributed by atoms with van der Waals surface area (Å²) in [4.78, 5) is 22.3. The molecule has 0 aliphatic heterocycles. The molecule has 0 saturated heterocycles. The second-order valence-electron chi connectivity index (χ2n) is 4.36. The number of carbonyl (C=O) groups excluding carboxylic acids is 1. The predicted molar refractivity (Wildman–Crippen MR) is 84.9 cm³/mol. The van der Waals surface area contributed by atoms with Crippen molar-refractivity contribution in [1.29, 1.82) is 0 Å². The first-order valence-electron chi connectivity index (χ1n) is 5.90. The molecule has 0 bridgehead atoms. The van der Waals surface area contributed by atoms with E-state index in [4.69, 9.17) is 11.6 Å². The Kier molecular flexibility index (Phi) is 4.59. The first kappa shape index (κ1) is 15.5. The molecule has 21 heavy (non-hydrogen) atoms. The van der Waals surface area contributed by atoms with E-state index in [1.54, 1.807) is 6.07 Å². The van der Waals surface area contributed by atoms with Crippen LogP contribution in [0.4, 0.5) is 11.4 Å². The van der Waals surface area contributed by atoms with E-state index in [-0.39, 0.29) is 16.3 Å². The summed E-state index contributed by atoms with van der Waals surface area (Å²) in [5, 5.41) is 13.5. The van der Waals surface area contributed by atoms with Gasteiger partial charge in [0.05, 0.1) is 10.6 Å². The van der Waals surface area contributed by atoms with Gasteiger partial charge in [-0.1, -0.05) is 17.7 Å². The highest BCUT2D eigenvalue weighted by molar-refractivity contribution is 9.10. The van der Waals surface area contributed by atoms with Crippen LogP contribution in [0.1, 0.15) is 15.9 Å². The molecule has 1 N–H and O–H groups in total. The fraction of sp³-hybridized carbons (Fsp3) is 0.0714. The molecule has 0 atom stereocenters. The third-order valence-corrected chi connectivity index (χ3v) is 3.75. The molecule has 0 saturated carbocycles. The fourth-order valence-electron chi connectivity index (χ4n) is 1.71. The van der Waals surface area contributed by atoms with E-state index in [0.29, 0.717) is 5.69 Å². The normalized spacial score (nSPS) is 10.2. The van der Waals surface area contributed by atoms with Gasteiger partial charge in [-0.3, -0.25) is 14.9 Å². The number of anilines is 1. The molecule has 0 aliphatic carbocycles. The van der Waals surface area contributed by atoms with Crippen LogP contribution in [-0.4, -0.2) is 10.8 Å². The lowest BCUT2D eigenvalue weighted by Gasteiger charge is -2.08. The molecule has 0 unspecified atom stereocenters. The SMILES string of the molecule is Cc1ccc(NC(=O)c2ccc(Cl)c([N+](=O)[O-])c2)c(Br)c1. The number of hydrogen-bond acceptors (Lipinski definition) is 3. The summed E-state index contributed by atoms with van der Waals surface area (Å²) in [6.45, 7) is 1.93. The van der Waals surface area contributed by atoms with Crippen LogP contribution in [0.5, 0.6) is 0 Å². The molecule has 2 aromatic carbocycles. The zero-order chi connectivity index (χ0) is 15.6. The van der Waals surface area contributed by atoms with E-state index in [2.05, 4.69) is 21.2 Å². The quantitative estimate of drug-likeness (QED) is 0.636. The van der Waals surface area contributed by atoms with Crippen molar-refractivity contribution in [2.45, 2.75) is 6.92 Å². The molecule has 0 aromatic heterocycles. The first-order chi connectivity index (χ1) is 9.88. The summed E-state index contributed by atoms with van der Waals surface area (Å²) < 4.78 is 0.735. The van der Waals surface area contributed by atoms with Crippen molar-refractivity contribution in [3.05, 3.63) is 67.1 Å². The lowest BCUT2D eigenvalue weighted by atomic mass is 10.1. The Hall–Kier alpha value is -1.92. The summed E-state index contributed by atoms with van der Waals surface area (Å²) in [6.07, 6.45) is 0. The van der Waals surface area contributed by atoms with Crippen molar-refractivity contribution in [2.24, 2.45) is 0 Å². The van der Waals surface area contributed by atoms with Gasteiger partial charge < -0.3 is 5.32 Å². The van der Waals surface area contributed by atoms with E-state index >= 15 is 0 Å². The second kappa shape index (κ2) is 6.24. The number of benzene rings is 2. The van der Waals surface area contributed by atoms with Gasteiger partial charge in [-0.15, -0.1) is 0 Å². The molecule has 2 rings (SSSR count). The highest BCUT2D eigenvalue weighted by atomic mass is 79.9. The zero-order valence-electron chi connectivity index (χ0n) is 10.9. The Morgan fingerprint density at radius 3 is 2.62 bits per heavy atom. The van der Waals surface area contributed by atoms with Gasteiger partial charge in [0.2, 0.25) is 0 Å². The number of carbonyl (C=O) groups is 1.